The van der Waals surface area contributed by atoms with E-state index < -0.39 is 0 Å². The number of aryl methyl sites for hydroxylation is 2. The Bertz CT molecular complexity index is 1110. The molecule has 0 saturated carbocycles. The van der Waals surface area contributed by atoms with Crippen molar-refractivity contribution in [2.24, 2.45) is 0 Å². The molecule has 1 N–H and O–H groups in total. The highest BCUT2D eigenvalue weighted by Crippen LogP contribution is 2.32. The second kappa shape index (κ2) is 7.72. The number of hydrogen-bond donors (Lipinski definition) is 1. The number of pyridine rings is 1. The zero-order chi connectivity index (χ0) is 20.4. The van der Waals surface area contributed by atoms with E-state index in [0.717, 1.165) is 22.4 Å². The van der Waals surface area contributed by atoms with Gasteiger partial charge in [-0.15, -0.1) is 0 Å². The number of aromatic nitrogens is 1. The Morgan fingerprint density at radius 3 is 2.45 bits per heavy atom. The molecule has 3 aromatic rings. The summed E-state index contributed by atoms with van der Waals surface area (Å²) < 4.78 is 0. The van der Waals surface area contributed by atoms with E-state index in [9.17, 15) is 9.59 Å². The fourth-order valence-corrected chi connectivity index (χ4v) is 3.39. The molecule has 2 heterocycles. The van der Waals surface area contributed by atoms with Crippen molar-refractivity contribution in [3.8, 4) is 0 Å². The van der Waals surface area contributed by atoms with E-state index in [-0.39, 0.29) is 18.4 Å². The third-order valence-electron chi connectivity index (χ3n) is 4.95. The van der Waals surface area contributed by atoms with Crippen molar-refractivity contribution in [2.75, 3.05) is 5.32 Å². The van der Waals surface area contributed by atoms with Crippen molar-refractivity contribution in [3.05, 3.63) is 101 Å². The number of hydrogen-bond acceptors (Lipinski definition) is 4. The number of amides is 2. The van der Waals surface area contributed by atoms with Gasteiger partial charge in [-0.1, -0.05) is 48.5 Å². The van der Waals surface area contributed by atoms with Gasteiger partial charge in [-0.25, -0.2) is 0 Å². The lowest BCUT2D eigenvalue weighted by Crippen LogP contribution is -2.32. The van der Waals surface area contributed by atoms with Gasteiger partial charge in [0.1, 0.15) is 5.70 Å². The van der Waals surface area contributed by atoms with Crippen LogP contribution in [0.2, 0.25) is 0 Å². The van der Waals surface area contributed by atoms with E-state index in [4.69, 9.17) is 0 Å². The molecule has 0 atom stereocenters. The van der Waals surface area contributed by atoms with Gasteiger partial charge in [0.2, 0.25) is 0 Å². The molecule has 0 radical (unpaired) electrons. The predicted octanol–water partition coefficient (Wildman–Crippen LogP) is 4.09. The van der Waals surface area contributed by atoms with Crippen LogP contribution in [0, 0.1) is 13.8 Å². The van der Waals surface area contributed by atoms with Crippen LogP contribution in [0.15, 0.2) is 78.8 Å². The molecule has 2 amide bonds. The standard InChI is InChI=1S/C24H21N3O2/c1-16-10-11-17(2)20(13-16)26-22-21(19-8-4-3-5-9-19)23(28)27(24(22)29)15-18-7-6-12-25-14-18/h3-14,26H,15H2,1-2H3. The van der Waals surface area contributed by atoms with E-state index in [0.29, 0.717) is 16.8 Å². The van der Waals surface area contributed by atoms with Gasteiger partial charge >= 0.3 is 0 Å². The Kier molecular flexibility index (Phi) is 4.96. The molecule has 0 bridgehead atoms. The average molecular weight is 383 g/mol. The summed E-state index contributed by atoms with van der Waals surface area (Å²) in [5.41, 5.74) is 5.10. The monoisotopic (exact) mass is 383 g/mol. The van der Waals surface area contributed by atoms with Crippen molar-refractivity contribution in [1.82, 2.24) is 9.88 Å². The van der Waals surface area contributed by atoms with E-state index in [1.165, 1.54) is 4.90 Å². The van der Waals surface area contributed by atoms with Crippen LogP contribution in [0.25, 0.3) is 5.57 Å². The van der Waals surface area contributed by atoms with Gasteiger partial charge < -0.3 is 5.32 Å². The van der Waals surface area contributed by atoms with Crippen molar-refractivity contribution in [2.45, 2.75) is 20.4 Å². The smallest absolute Gasteiger partial charge is 0.278 e. The number of anilines is 1. The van der Waals surface area contributed by atoms with Crippen LogP contribution < -0.4 is 5.32 Å². The van der Waals surface area contributed by atoms with Crippen LogP contribution >= 0.6 is 0 Å². The summed E-state index contributed by atoms with van der Waals surface area (Å²) in [4.78, 5) is 31.9. The molecule has 2 aromatic carbocycles. The third kappa shape index (κ3) is 3.67. The second-order valence-electron chi connectivity index (χ2n) is 7.12. The molecule has 0 aliphatic carbocycles. The molecule has 4 rings (SSSR count). The number of carbonyl (C=O) groups excluding carboxylic acids is 2. The quantitative estimate of drug-likeness (QED) is 0.674. The van der Waals surface area contributed by atoms with Gasteiger partial charge in [-0.05, 0) is 48.2 Å². The minimum atomic E-state index is -0.335. The summed E-state index contributed by atoms with van der Waals surface area (Å²) in [7, 11) is 0. The molecular weight excluding hydrogens is 362 g/mol. The number of carbonyl (C=O) groups is 2. The first-order valence-corrected chi connectivity index (χ1v) is 9.43. The summed E-state index contributed by atoms with van der Waals surface area (Å²) in [5, 5.41) is 3.25. The maximum absolute atomic E-state index is 13.3. The average Bonchev–Trinajstić information content (AvgIpc) is 2.96. The minimum absolute atomic E-state index is 0.180. The van der Waals surface area contributed by atoms with Crippen LogP contribution in [0.4, 0.5) is 5.69 Å². The van der Waals surface area contributed by atoms with Crippen LogP contribution in [0.5, 0.6) is 0 Å². The van der Waals surface area contributed by atoms with Crippen molar-refractivity contribution < 1.29 is 9.59 Å². The lowest BCUT2D eigenvalue weighted by molar-refractivity contribution is -0.137. The fraction of sp³-hybridized carbons (Fsp3) is 0.125. The first-order valence-electron chi connectivity index (χ1n) is 9.43. The Morgan fingerprint density at radius 2 is 1.72 bits per heavy atom. The predicted molar refractivity (Wildman–Crippen MR) is 113 cm³/mol. The maximum Gasteiger partial charge on any atom is 0.278 e. The van der Waals surface area contributed by atoms with Crippen LogP contribution in [0.3, 0.4) is 0 Å². The van der Waals surface area contributed by atoms with E-state index in [2.05, 4.69) is 10.3 Å². The third-order valence-corrected chi connectivity index (χ3v) is 4.95. The largest absolute Gasteiger partial charge is 0.350 e. The number of nitrogens with zero attached hydrogens (tertiary/aromatic N) is 2. The summed E-state index contributed by atoms with van der Waals surface area (Å²) in [6.07, 6.45) is 3.33. The van der Waals surface area contributed by atoms with Crippen LogP contribution in [0.1, 0.15) is 22.3 Å². The van der Waals surface area contributed by atoms with Gasteiger partial charge in [-0.3, -0.25) is 19.5 Å². The zero-order valence-corrected chi connectivity index (χ0v) is 16.3. The maximum atomic E-state index is 13.3. The van der Waals surface area contributed by atoms with Crippen molar-refractivity contribution >= 4 is 23.1 Å². The van der Waals surface area contributed by atoms with Gasteiger partial charge in [-0.2, -0.15) is 0 Å². The first kappa shape index (κ1) is 18.6. The Balaban J connectivity index is 1.76. The summed E-state index contributed by atoms with van der Waals surface area (Å²) in [6.45, 7) is 4.15. The minimum Gasteiger partial charge on any atom is -0.350 e. The van der Waals surface area contributed by atoms with Crippen LogP contribution in [-0.2, 0) is 16.1 Å². The molecule has 0 saturated heterocycles. The van der Waals surface area contributed by atoms with E-state index in [1.54, 1.807) is 18.5 Å². The van der Waals surface area contributed by atoms with Crippen molar-refractivity contribution in [1.29, 1.82) is 0 Å². The highest BCUT2D eigenvalue weighted by molar-refractivity contribution is 6.36. The normalized spacial score (nSPS) is 13.9. The zero-order valence-electron chi connectivity index (χ0n) is 16.3. The number of benzene rings is 2. The summed E-state index contributed by atoms with van der Waals surface area (Å²) >= 11 is 0. The molecule has 5 heteroatoms. The first-order chi connectivity index (χ1) is 14.0. The molecule has 29 heavy (non-hydrogen) atoms. The van der Waals surface area contributed by atoms with Gasteiger partial charge in [0.25, 0.3) is 11.8 Å². The highest BCUT2D eigenvalue weighted by Gasteiger charge is 2.39. The molecule has 1 aliphatic rings. The summed E-state index contributed by atoms with van der Waals surface area (Å²) in [6, 6.07) is 18.9. The van der Waals surface area contributed by atoms with Gasteiger partial charge in [0.05, 0.1) is 12.1 Å². The number of rotatable bonds is 5. The summed E-state index contributed by atoms with van der Waals surface area (Å²) in [5.74, 6) is -0.642. The molecule has 1 aliphatic heterocycles. The Morgan fingerprint density at radius 1 is 0.931 bits per heavy atom. The number of imide groups is 1. The molecule has 0 spiro atoms. The Labute approximate surface area is 169 Å². The molecule has 5 nitrogen and oxygen atoms in total. The molecule has 144 valence electrons. The lowest BCUT2D eigenvalue weighted by Gasteiger charge is -2.15. The Hall–Kier alpha value is -3.73. The van der Waals surface area contributed by atoms with Gasteiger partial charge in [0, 0.05) is 18.1 Å². The molecule has 1 aromatic heterocycles. The molecule has 0 unspecified atom stereocenters. The highest BCUT2D eigenvalue weighted by atomic mass is 16.2. The van der Waals surface area contributed by atoms with E-state index >= 15 is 0 Å². The van der Waals surface area contributed by atoms with Gasteiger partial charge in [0.15, 0.2) is 0 Å². The topological polar surface area (TPSA) is 62.3 Å². The molecular formula is C24H21N3O2. The van der Waals surface area contributed by atoms with Crippen LogP contribution in [-0.4, -0.2) is 21.7 Å². The number of nitrogens with one attached hydrogen (secondary N) is 1. The van der Waals surface area contributed by atoms with Crippen molar-refractivity contribution in [3.63, 3.8) is 0 Å². The lowest BCUT2D eigenvalue weighted by atomic mass is 10.0. The SMILES string of the molecule is Cc1ccc(C)c(NC2=C(c3ccccc3)C(=O)N(Cc3cccnc3)C2=O)c1. The molecule has 0 fully saturated rings. The fourth-order valence-electron chi connectivity index (χ4n) is 3.39. The second-order valence-corrected chi connectivity index (χ2v) is 7.12. The van der Waals surface area contributed by atoms with E-state index in [1.807, 2.05) is 68.4 Å².